The van der Waals surface area contributed by atoms with Crippen LogP contribution in [0, 0.1) is 0 Å². The molecule has 1 N–H and O–H groups in total. The van der Waals surface area contributed by atoms with Crippen molar-refractivity contribution < 1.29 is 9.47 Å². The molecule has 0 saturated carbocycles. The third-order valence-electron chi connectivity index (χ3n) is 2.76. The van der Waals surface area contributed by atoms with Gasteiger partial charge in [-0.15, -0.1) is 0 Å². The topological polar surface area (TPSA) is 33.7 Å². The fraction of sp³-hybridized carbons (Fsp3) is 0.867. The Morgan fingerprint density at radius 2 is 1.63 bits per heavy atom. The minimum absolute atomic E-state index is 0.776. The first kappa shape index (κ1) is 18.6. The summed E-state index contributed by atoms with van der Waals surface area (Å²) in [6.07, 6.45) is 1.16. The molecule has 19 heavy (non-hydrogen) atoms. The van der Waals surface area contributed by atoms with Gasteiger partial charge in [0.2, 0.25) is 0 Å². The van der Waals surface area contributed by atoms with E-state index in [1.54, 1.807) is 0 Å². The second-order valence-corrected chi connectivity index (χ2v) is 4.60. The molecular formula is C15H32N2O2. The van der Waals surface area contributed by atoms with Crippen molar-refractivity contribution in [3.05, 3.63) is 12.2 Å². The number of ether oxygens (including phenoxy) is 2. The summed E-state index contributed by atoms with van der Waals surface area (Å²) in [6.45, 7) is 18.2. The van der Waals surface area contributed by atoms with Gasteiger partial charge in [0.1, 0.15) is 0 Å². The van der Waals surface area contributed by atoms with E-state index in [1.165, 1.54) is 5.57 Å². The van der Waals surface area contributed by atoms with Gasteiger partial charge in [-0.2, -0.15) is 0 Å². The Labute approximate surface area is 119 Å². The lowest BCUT2D eigenvalue weighted by molar-refractivity contribution is 0.0866. The minimum atomic E-state index is 0.776. The van der Waals surface area contributed by atoms with Crippen LogP contribution < -0.4 is 5.32 Å². The van der Waals surface area contributed by atoms with Gasteiger partial charge in [-0.25, -0.2) is 0 Å². The first-order chi connectivity index (χ1) is 9.24. The highest BCUT2D eigenvalue weighted by molar-refractivity contribution is 4.99. The summed E-state index contributed by atoms with van der Waals surface area (Å²) in [5.41, 5.74) is 1.22. The standard InChI is InChI=1S/C15H32N2O2/c1-5-8-16-13-15(4)14-17(9-11-18-6-2)10-12-19-7-3/h16H,4-14H2,1-3H3. The normalized spacial score (nSPS) is 11.2. The van der Waals surface area contributed by atoms with E-state index >= 15 is 0 Å². The summed E-state index contributed by atoms with van der Waals surface area (Å²) in [6, 6.07) is 0. The van der Waals surface area contributed by atoms with Crippen LogP contribution in [0.5, 0.6) is 0 Å². The van der Waals surface area contributed by atoms with E-state index in [2.05, 4.69) is 23.7 Å². The predicted octanol–water partition coefficient (Wildman–Crippen LogP) is 1.92. The average molecular weight is 272 g/mol. The minimum Gasteiger partial charge on any atom is -0.380 e. The number of rotatable bonds is 14. The maximum atomic E-state index is 5.42. The van der Waals surface area contributed by atoms with Gasteiger partial charge in [0.25, 0.3) is 0 Å². The van der Waals surface area contributed by atoms with E-state index in [0.29, 0.717) is 0 Å². The monoisotopic (exact) mass is 272 g/mol. The molecule has 0 amide bonds. The van der Waals surface area contributed by atoms with Crippen molar-refractivity contribution in [3.8, 4) is 0 Å². The van der Waals surface area contributed by atoms with E-state index in [4.69, 9.17) is 9.47 Å². The van der Waals surface area contributed by atoms with E-state index in [0.717, 1.165) is 65.6 Å². The second kappa shape index (κ2) is 14.0. The lowest BCUT2D eigenvalue weighted by atomic mass is 10.2. The van der Waals surface area contributed by atoms with Gasteiger partial charge in [0.05, 0.1) is 13.2 Å². The SMILES string of the molecule is C=C(CNCCC)CN(CCOCC)CCOCC. The Morgan fingerprint density at radius 3 is 2.11 bits per heavy atom. The van der Waals surface area contributed by atoms with Crippen LogP contribution in [0.4, 0.5) is 0 Å². The molecule has 0 rings (SSSR count). The van der Waals surface area contributed by atoms with E-state index in [-0.39, 0.29) is 0 Å². The molecule has 0 aromatic carbocycles. The van der Waals surface area contributed by atoms with Crippen LogP contribution >= 0.6 is 0 Å². The summed E-state index contributed by atoms with van der Waals surface area (Å²) in [4.78, 5) is 2.35. The van der Waals surface area contributed by atoms with E-state index < -0.39 is 0 Å². The molecule has 4 nitrogen and oxygen atoms in total. The van der Waals surface area contributed by atoms with Crippen LogP contribution in [0.3, 0.4) is 0 Å². The zero-order valence-corrected chi connectivity index (χ0v) is 13.0. The number of hydrogen-bond acceptors (Lipinski definition) is 4. The third kappa shape index (κ3) is 12.4. The lowest BCUT2D eigenvalue weighted by Gasteiger charge is -2.23. The maximum Gasteiger partial charge on any atom is 0.0593 e. The zero-order valence-electron chi connectivity index (χ0n) is 13.0. The molecule has 0 unspecified atom stereocenters. The Hall–Kier alpha value is -0.420. The first-order valence-corrected chi connectivity index (χ1v) is 7.49. The highest BCUT2D eigenvalue weighted by Gasteiger charge is 2.06. The molecule has 0 aliphatic rings. The number of nitrogens with zero attached hydrogens (tertiary/aromatic N) is 1. The molecule has 0 aliphatic carbocycles. The molecule has 0 fully saturated rings. The molecule has 0 aliphatic heterocycles. The molecule has 0 spiro atoms. The molecule has 0 radical (unpaired) electrons. The highest BCUT2D eigenvalue weighted by atomic mass is 16.5. The van der Waals surface area contributed by atoms with Crippen LogP contribution in [0.2, 0.25) is 0 Å². The van der Waals surface area contributed by atoms with Crippen LogP contribution in [-0.2, 0) is 9.47 Å². The van der Waals surface area contributed by atoms with Crippen molar-refractivity contribution in [1.82, 2.24) is 10.2 Å². The van der Waals surface area contributed by atoms with Crippen molar-refractivity contribution in [2.24, 2.45) is 0 Å². The van der Waals surface area contributed by atoms with Crippen LogP contribution in [0.1, 0.15) is 27.2 Å². The largest absolute Gasteiger partial charge is 0.380 e. The summed E-state index contributed by atoms with van der Waals surface area (Å²) >= 11 is 0. The van der Waals surface area contributed by atoms with Gasteiger partial charge in [-0.3, -0.25) is 4.90 Å². The van der Waals surface area contributed by atoms with Crippen molar-refractivity contribution in [2.75, 3.05) is 59.2 Å². The Kier molecular flexibility index (Phi) is 13.7. The van der Waals surface area contributed by atoms with Crippen molar-refractivity contribution in [3.63, 3.8) is 0 Å². The highest BCUT2D eigenvalue weighted by Crippen LogP contribution is 1.97. The van der Waals surface area contributed by atoms with Gasteiger partial charge in [-0.1, -0.05) is 13.5 Å². The molecule has 114 valence electrons. The molecule has 4 heteroatoms. The van der Waals surface area contributed by atoms with Gasteiger partial charge >= 0.3 is 0 Å². The Bertz CT molecular complexity index is 200. The van der Waals surface area contributed by atoms with Gasteiger partial charge in [-0.05, 0) is 32.4 Å². The van der Waals surface area contributed by atoms with Crippen LogP contribution in [0.25, 0.3) is 0 Å². The van der Waals surface area contributed by atoms with E-state index in [9.17, 15) is 0 Å². The third-order valence-corrected chi connectivity index (χ3v) is 2.76. The molecule has 0 heterocycles. The van der Waals surface area contributed by atoms with Gasteiger partial charge < -0.3 is 14.8 Å². The maximum absolute atomic E-state index is 5.42. The Morgan fingerprint density at radius 1 is 1.05 bits per heavy atom. The fourth-order valence-electron chi connectivity index (χ4n) is 1.76. The van der Waals surface area contributed by atoms with Crippen LogP contribution in [-0.4, -0.2) is 64.1 Å². The predicted molar refractivity (Wildman–Crippen MR) is 81.7 cm³/mol. The molecule has 0 bridgehead atoms. The number of hydrogen-bond donors (Lipinski definition) is 1. The van der Waals surface area contributed by atoms with Crippen molar-refractivity contribution >= 4 is 0 Å². The first-order valence-electron chi connectivity index (χ1n) is 7.49. The summed E-state index contributed by atoms with van der Waals surface area (Å²) in [5, 5.41) is 3.39. The fourth-order valence-corrected chi connectivity index (χ4v) is 1.76. The molecule has 0 saturated heterocycles. The smallest absolute Gasteiger partial charge is 0.0593 e. The van der Waals surface area contributed by atoms with Crippen molar-refractivity contribution in [2.45, 2.75) is 27.2 Å². The average Bonchev–Trinajstić information content (AvgIpc) is 2.39. The Balaban J connectivity index is 3.89. The zero-order chi connectivity index (χ0) is 14.3. The summed E-state index contributed by atoms with van der Waals surface area (Å²) in [5.74, 6) is 0. The van der Waals surface area contributed by atoms with Crippen LogP contribution in [0.15, 0.2) is 12.2 Å². The lowest BCUT2D eigenvalue weighted by Crippen LogP contribution is -2.34. The summed E-state index contributed by atoms with van der Waals surface area (Å²) in [7, 11) is 0. The van der Waals surface area contributed by atoms with Gasteiger partial charge in [0, 0.05) is 39.4 Å². The van der Waals surface area contributed by atoms with Crippen molar-refractivity contribution in [1.29, 1.82) is 0 Å². The number of nitrogens with one attached hydrogen (secondary N) is 1. The molecule has 0 aromatic heterocycles. The van der Waals surface area contributed by atoms with Gasteiger partial charge in [0.15, 0.2) is 0 Å². The van der Waals surface area contributed by atoms with E-state index in [1.807, 2.05) is 13.8 Å². The second-order valence-electron chi connectivity index (χ2n) is 4.60. The quantitative estimate of drug-likeness (QED) is 0.387. The molecule has 0 aromatic rings. The summed E-state index contributed by atoms with van der Waals surface area (Å²) < 4.78 is 10.8. The molecule has 0 atom stereocenters. The molecular weight excluding hydrogens is 240 g/mol.